The van der Waals surface area contributed by atoms with Crippen LogP contribution in [0.3, 0.4) is 0 Å². The Kier molecular flexibility index (Phi) is 6.03. The van der Waals surface area contributed by atoms with E-state index in [2.05, 4.69) is 10.6 Å². The van der Waals surface area contributed by atoms with Crippen molar-refractivity contribution in [3.63, 3.8) is 0 Å². The van der Waals surface area contributed by atoms with Crippen LogP contribution in [0.25, 0.3) is 0 Å². The minimum atomic E-state index is -0.351. The van der Waals surface area contributed by atoms with Crippen LogP contribution < -0.4 is 10.6 Å². The van der Waals surface area contributed by atoms with E-state index >= 15 is 0 Å². The molecule has 0 spiro atoms. The Hall–Kier alpha value is -2.11. The number of likely N-dealkylation sites (tertiary alicyclic amines) is 1. The third kappa shape index (κ3) is 5.73. The van der Waals surface area contributed by atoms with E-state index in [9.17, 15) is 14.0 Å². The average molecular weight is 349 g/mol. The van der Waals surface area contributed by atoms with Crippen molar-refractivity contribution in [3.05, 3.63) is 35.6 Å². The number of rotatable bonds is 3. The van der Waals surface area contributed by atoms with Gasteiger partial charge in [-0.3, -0.25) is 4.79 Å². The summed E-state index contributed by atoms with van der Waals surface area (Å²) in [7, 11) is 0. The van der Waals surface area contributed by atoms with Crippen molar-refractivity contribution in [1.82, 2.24) is 15.5 Å². The van der Waals surface area contributed by atoms with Gasteiger partial charge in [-0.1, -0.05) is 0 Å². The average Bonchev–Trinajstić information content (AvgIpc) is 2.53. The van der Waals surface area contributed by atoms with Gasteiger partial charge in [0.15, 0.2) is 0 Å². The largest absolute Gasteiger partial charge is 0.338 e. The first kappa shape index (κ1) is 19.2. The molecule has 1 heterocycles. The Morgan fingerprint density at radius 2 is 1.88 bits per heavy atom. The summed E-state index contributed by atoms with van der Waals surface area (Å²) in [5.74, 6) is -0.240. The zero-order valence-corrected chi connectivity index (χ0v) is 15.4. The molecule has 138 valence electrons. The predicted molar refractivity (Wildman–Crippen MR) is 95.9 cm³/mol. The first-order valence-corrected chi connectivity index (χ1v) is 8.79. The Labute approximate surface area is 149 Å². The van der Waals surface area contributed by atoms with Crippen molar-refractivity contribution in [3.8, 4) is 0 Å². The molecule has 6 heteroatoms. The quantitative estimate of drug-likeness (QED) is 0.880. The summed E-state index contributed by atoms with van der Waals surface area (Å²) >= 11 is 0. The maximum absolute atomic E-state index is 13.0. The smallest absolute Gasteiger partial charge is 0.315 e. The lowest BCUT2D eigenvalue weighted by atomic mass is 9.91. The molecule has 5 nitrogen and oxygen atoms in total. The molecule has 0 radical (unpaired) electrons. The summed E-state index contributed by atoms with van der Waals surface area (Å²) in [6.07, 6.45) is 1.86. The summed E-state index contributed by atoms with van der Waals surface area (Å²) < 4.78 is 13.0. The highest BCUT2D eigenvalue weighted by molar-refractivity contribution is 5.94. The second kappa shape index (κ2) is 7.85. The fourth-order valence-corrected chi connectivity index (χ4v) is 3.08. The van der Waals surface area contributed by atoms with E-state index in [1.165, 1.54) is 24.3 Å². The van der Waals surface area contributed by atoms with Crippen LogP contribution in [0.5, 0.6) is 0 Å². The summed E-state index contributed by atoms with van der Waals surface area (Å²) in [5, 5.41) is 5.86. The number of nitrogens with one attached hydrogen (secondary N) is 2. The zero-order chi connectivity index (χ0) is 18.6. The maximum Gasteiger partial charge on any atom is 0.315 e. The molecule has 1 aromatic rings. The van der Waals surface area contributed by atoms with Gasteiger partial charge in [0.2, 0.25) is 0 Å². The van der Waals surface area contributed by atoms with Crippen LogP contribution >= 0.6 is 0 Å². The van der Waals surface area contributed by atoms with Gasteiger partial charge in [-0.25, -0.2) is 9.18 Å². The molecule has 2 N–H and O–H groups in total. The number of piperidine rings is 1. The van der Waals surface area contributed by atoms with E-state index in [-0.39, 0.29) is 35.3 Å². The Morgan fingerprint density at radius 3 is 2.48 bits per heavy atom. The van der Waals surface area contributed by atoms with Crippen LogP contribution in [0.4, 0.5) is 9.18 Å². The van der Waals surface area contributed by atoms with Gasteiger partial charge < -0.3 is 15.5 Å². The fraction of sp³-hybridized carbons (Fsp3) is 0.579. The minimum absolute atomic E-state index is 0.0360. The summed E-state index contributed by atoms with van der Waals surface area (Å²) in [6, 6.07) is 5.40. The summed E-state index contributed by atoms with van der Waals surface area (Å²) in [6.45, 7) is 9.04. The van der Waals surface area contributed by atoms with Crippen LogP contribution in [-0.4, -0.2) is 41.5 Å². The van der Waals surface area contributed by atoms with Crippen molar-refractivity contribution >= 4 is 11.9 Å². The number of benzene rings is 1. The van der Waals surface area contributed by atoms with Gasteiger partial charge in [-0.05, 0) is 70.7 Å². The standard InChI is InChI=1S/C19H28FN3O2/c1-13(21-18(25)22-19(2,3)4)15-6-5-11-23(12-15)17(24)14-7-9-16(20)10-8-14/h7-10,13,15H,5-6,11-12H2,1-4H3,(H2,21,22,25)/t13-,15-/m1/s1. The van der Waals surface area contributed by atoms with E-state index in [0.29, 0.717) is 18.7 Å². The van der Waals surface area contributed by atoms with E-state index in [4.69, 9.17) is 0 Å². The third-order valence-corrected chi connectivity index (χ3v) is 4.39. The normalized spacial score (nSPS) is 19.2. The molecule has 2 atom stereocenters. The molecule has 0 aromatic heterocycles. The van der Waals surface area contributed by atoms with Crippen LogP contribution in [0.15, 0.2) is 24.3 Å². The molecule has 0 unspecified atom stereocenters. The highest BCUT2D eigenvalue weighted by Gasteiger charge is 2.29. The first-order chi connectivity index (χ1) is 11.7. The summed E-state index contributed by atoms with van der Waals surface area (Å²) in [5.41, 5.74) is 0.203. The van der Waals surface area contributed by atoms with Crippen LogP contribution in [0.1, 0.15) is 50.9 Å². The van der Waals surface area contributed by atoms with Crippen LogP contribution in [0, 0.1) is 11.7 Å². The zero-order valence-electron chi connectivity index (χ0n) is 15.4. The van der Waals surface area contributed by atoms with Gasteiger partial charge in [0.1, 0.15) is 5.82 Å². The summed E-state index contributed by atoms with van der Waals surface area (Å²) in [4.78, 5) is 26.4. The van der Waals surface area contributed by atoms with Gasteiger partial charge in [0.05, 0.1) is 0 Å². The molecule has 1 fully saturated rings. The van der Waals surface area contributed by atoms with E-state index in [1.807, 2.05) is 27.7 Å². The number of hydrogen-bond donors (Lipinski definition) is 2. The molecule has 3 amide bonds. The molecular weight excluding hydrogens is 321 g/mol. The number of urea groups is 1. The second-order valence-corrected chi connectivity index (χ2v) is 7.80. The Morgan fingerprint density at radius 1 is 1.24 bits per heavy atom. The first-order valence-electron chi connectivity index (χ1n) is 8.79. The number of nitrogens with zero attached hydrogens (tertiary/aromatic N) is 1. The third-order valence-electron chi connectivity index (χ3n) is 4.39. The van der Waals surface area contributed by atoms with E-state index in [1.54, 1.807) is 4.90 Å². The highest BCUT2D eigenvalue weighted by Crippen LogP contribution is 2.21. The van der Waals surface area contributed by atoms with E-state index in [0.717, 1.165) is 12.8 Å². The number of hydrogen-bond acceptors (Lipinski definition) is 2. The van der Waals surface area contributed by atoms with Crippen molar-refractivity contribution in [2.45, 2.75) is 52.1 Å². The highest BCUT2D eigenvalue weighted by atomic mass is 19.1. The number of carbonyl (C=O) groups excluding carboxylic acids is 2. The van der Waals surface area contributed by atoms with E-state index < -0.39 is 0 Å². The minimum Gasteiger partial charge on any atom is -0.338 e. The van der Waals surface area contributed by atoms with Gasteiger partial charge in [-0.2, -0.15) is 0 Å². The lowest BCUT2D eigenvalue weighted by Crippen LogP contribution is -2.53. The fourth-order valence-electron chi connectivity index (χ4n) is 3.08. The van der Waals surface area contributed by atoms with Crippen molar-refractivity contribution in [2.24, 2.45) is 5.92 Å². The Balaban J connectivity index is 1.94. The number of amides is 3. The molecule has 2 rings (SSSR count). The van der Waals surface area contributed by atoms with Gasteiger partial charge in [0.25, 0.3) is 5.91 Å². The van der Waals surface area contributed by atoms with Crippen LogP contribution in [-0.2, 0) is 0 Å². The molecule has 0 bridgehead atoms. The number of halogens is 1. The SMILES string of the molecule is C[C@@H](NC(=O)NC(C)(C)C)[C@@H]1CCCN(C(=O)c2ccc(F)cc2)C1. The second-order valence-electron chi connectivity index (χ2n) is 7.80. The topological polar surface area (TPSA) is 61.4 Å². The number of carbonyl (C=O) groups is 2. The molecule has 1 aromatic carbocycles. The predicted octanol–water partition coefficient (Wildman–Crippen LogP) is 3.16. The molecule has 1 aliphatic rings. The molecule has 1 aliphatic heterocycles. The van der Waals surface area contributed by atoms with Gasteiger partial charge in [0, 0.05) is 30.2 Å². The Bertz CT molecular complexity index is 610. The maximum atomic E-state index is 13.0. The van der Waals surface area contributed by atoms with Crippen molar-refractivity contribution in [2.75, 3.05) is 13.1 Å². The molecular formula is C19H28FN3O2. The van der Waals surface area contributed by atoms with Gasteiger partial charge >= 0.3 is 6.03 Å². The van der Waals surface area contributed by atoms with Crippen molar-refractivity contribution in [1.29, 1.82) is 0 Å². The molecule has 0 aliphatic carbocycles. The monoisotopic (exact) mass is 349 g/mol. The van der Waals surface area contributed by atoms with Gasteiger partial charge in [-0.15, -0.1) is 0 Å². The van der Waals surface area contributed by atoms with Crippen molar-refractivity contribution < 1.29 is 14.0 Å². The molecule has 25 heavy (non-hydrogen) atoms. The molecule has 0 saturated carbocycles. The lowest BCUT2D eigenvalue weighted by Gasteiger charge is -2.36. The molecule has 1 saturated heterocycles. The lowest BCUT2D eigenvalue weighted by molar-refractivity contribution is 0.0654. The van der Waals surface area contributed by atoms with Crippen LogP contribution in [0.2, 0.25) is 0 Å².